The highest BCUT2D eigenvalue weighted by Crippen LogP contribution is 2.15. The zero-order valence-electron chi connectivity index (χ0n) is 10.6. The van der Waals surface area contributed by atoms with Gasteiger partial charge in [0.15, 0.2) is 5.78 Å². The molecule has 2 aromatic carbocycles. The van der Waals surface area contributed by atoms with Gasteiger partial charge in [0.1, 0.15) is 11.6 Å². The lowest BCUT2D eigenvalue weighted by molar-refractivity contribution is -0.384. The summed E-state index contributed by atoms with van der Waals surface area (Å²) in [5, 5.41) is 10.6. The maximum Gasteiger partial charge on any atom is 0.270 e. The van der Waals surface area contributed by atoms with Gasteiger partial charge in [-0.3, -0.25) is 14.9 Å². The van der Waals surface area contributed by atoms with Crippen LogP contribution in [0, 0.1) is 21.7 Å². The standard InChI is InChI=1S/C15H9F2NO3/c16-12-5-6-14(17)10(8-12)4-7-15(19)11-2-1-3-13(9-11)18(20)21/h1-9H/b7-4+. The van der Waals surface area contributed by atoms with E-state index in [0.717, 1.165) is 36.4 Å². The average molecular weight is 289 g/mol. The van der Waals surface area contributed by atoms with E-state index in [9.17, 15) is 23.7 Å². The molecule has 0 saturated heterocycles. The predicted octanol–water partition coefficient (Wildman–Crippen LogP) is 3.77. The van der Waals surface area contributed by atoms with Crippen LogP contribution in [0.2, 0.25) is 0 Å². The molecular weight excluding hydrogens is 280 g/mol. The van der Waals surface area contributed by atoms with Gasteiger partial charge in [0.25, 0.3) is 5.69 Å². The number of nitrogens with zero attached hydrogens (tertiary/aromatic N) is 1. The van der Waals surface area contributed by atoms with Crippen LogP contribution in [0.5, 0.6) is 0 Å². The molecule has 0 bridgehead atoms. The van der Waals surface area contributed by atoms with Gasteiger partial charge >= 0.3 is 0 Å². The van der Waals surface area contributed by atoms with Crippen LogP contribution >= 0.6 is 0 Å². The Bertz CT molecular complexity index is 741. The number of halogens is 2. The maximum absolute atomic E-state index is 13.4. The van der Waals surface area contributed by atoms with E-state index in [-0.39, 0.29) is 16.8 Å². The number of non-ortho nitro benzene ring substituents is 1. The summed E-state index contributed by atoms with van der Waals surface area (Å²) in [6.07, 6.45) is 2.16. The smallest absolute Gasteiger partial charge is 0.270 e. The predicted molar refractivity (Wildman–Crippen MR) is 72.8 cm³/mol. The number of hydrogen-bond acceptors (Lipinski definition) is 3. The van der Waals surface area contributed by atoms with Gasteiger partial charge < -0.3 is 0 Å². The van der Waals surface area contributed by atoms with E-state index in [1.165, 1.54) is 18.2 Å². The topological polar surface area (TPSA) is 60.2 Å². The minimum absolute atomic E-state index is 0.0752. The molecule has 2 aromatic rings. The molecule has 0 unspecified atom stereocenters. The van der Waals surface area contributed by atoms with Crippen LogP contribution in [0.4, 0.5) is 14.5 Å². The van der Waals surface area contributed by atoms with Gasteiger partial charge in [0.2, 0.25) is 0 Å². The molecule has 0 N–H and O–H groups in total. The average Bonchev–Trinajstić information content (AvgIpc) is 2.48. The van der Waals surface area contributed by atoms with E-state index in [1.807, 2.05) is 0 Å². The third-order valence-electron chi connectivity index (χ3n) is 2.71. The van der Waals surface area contributed by atoms with Crippen molar-refractivity contribution < 1.29 is 18.5 Å². The Morgan fingerprint density at radius 3 is 2.62 bits per heavy atom. The van der Waals surface area contributed by atoms with Crippen LogP contribution in [0.25, 0.3) is 6.08 Å². The second-order valence-corrected chi connectivity index (χ2v) is 4.17. The van der Waals surface area contributed by atoms with Crippen LogP contribution in [0.3, 0.4) is 0 Å². The van der Waals surface area contributed by atoms with Gasteiger partial charge in [-0.1, -0.05) is 12.1 Å². The molecule has 0 amide bonds. The highest BCUT2D eigenvalue weighted by atomic mass is 19.1. The number of rotatable bonds is 4. The van der Waals surface area contributed by atoms with Crippen molar-refractivity contribution in [3.8, 4) is 0 Å². The highest BCUT2D eigenvalue weighted by molar-refractivity contribution is 6.07. The van der Waals surface area contributed by atoms with Crippen LogP contribution in [0.15, 0.2) is 48.5 Å². The fourth-order valence-electron chi connectivity index (χ4n) is 1.68. The number of benzene rings is 2. The zero-order chi connectivity index (χ0) is 15.4. The maximum atomic E-state index is 13.4. The van der Waals surface area contributed by atoms with Crippen molar-refractivity contribution >= 4 is 17.5 Å². The lowest BCUT2D eigenvalue weighted by Crippen LogP contribution is -1.96. The quantitative estimate of drug-likeness (QED) is 0.372. The second kappa shape index (κ2) is 6.04. The minimum atomic E-state index is -0.667. The van der Waals surface area contributed by atoms with E-state index in [0.29, 0.717) is 0 Å². The van der Waals surface area contributed by atoms with E-state index >= 15 is 0 Å². The van der Waals surface area contributed by atoms with Crippen LogP contribution < -0.4 is 0 Å². The highest BCUT2D eigenvalue weighted by Gasteiger charge is 2.09. The lowest BCUT2D eigenvalue weighted by Gasteiger charge is -1.98. The molecular formula is C15H9F2NO3. The second-order valence-electron chi connectivity index (χ2n) is 4.17. The molecule has 0 aliphatic rings. The first-order valence-corrected chi connectivity index (χ1v) is 5.89. The molecule has 4 nitrogen and oxygen atoms in total. The zero-order valence-corrected chi connectivity index (χ0v) is 10.6. The molecule has 106 valence electrons. The van der Waals surface area contributed by atoms with Crippen molar-refractivity contribution in [2.24, 2.45) is 0 Å². The number of nitro groups is 1. The molecule has 6 heteroatoms. The SMILES string of the molecule is O=C(/C=C/c1cc(F)ccc1F)c1cccc([N+](=O)[O-])c1. The minimum Gasteiger partial charge on any atom is -0.289 e. The lowest BCUT2D eigenvalue weighted by atomic mass is 10.1. The van der Waals surface area contributed by atoms with Crippen molar-refractivity contribution in [2.75, 3.05) is 0 Å². The van der Waals surface area contributed by atoms with Crippen LogP contribution in [-0.2, 0) is 0 Å². The number of allylic oxidation sites excluding steroid dienone is 1. The number of carbonyl (C=O) groups excluding carboxylic acids is 1. The summed E-state index contributed by atoms with van der Waals surface area (Å²) >= 11 is 0. The monoisotopic (exact) mass is 289 g/mol. The summed E-state index contributed by atoms with van der Waals surface area (Å²) in [4.78, 5) is 21.9. The molecule has 0 radical (unpaired) electrons. The molecule has 0 aliphatic heterocycles. The normalized spacial score (nSPS) is 10.8. The van der Waals surface area contributed by atoms with Crippen LogP contribution in [0.1, 0.15) is 15.9 Å². The molecule has 0 spiro atoms. The number of hydrogen-bond donors (Lipinski definition) is 0. The Hall–Kier alpha value is -2.89. The number of nitro benzene ring substituents is 1. The van der Waals surface area contributed by atoms with E-state index < -0.39 is 22.3 Å². The van der Waals surface area contributed by atoms with E-state index in [4.69, 9.17) is 0 Å². The molecule has 2 rings (SSSR count). The van der Waals surface area contributed by atoms with Crippen molar-refractivity contribution in [1.29, 1.82) is 0 Å². The molecule has 0 atom stereocenters. The van der Waals surface area contributed by atoms with Crippen molar-refractivity contribution in [3.63, 3.8) is 0 Å². The van der Waals surface area contributed by atoms with Gasteiger partial charge in [-0.05, 0) is 30.4 Å². The Morgan fingerprint density at radius 1 is 1.14 bits per heavy atom. The Morgan fingerprint density at radius 2 is 1.90 bits per heavy atom. The number of carbonyl (C=O) groups is 1. The van der Waals surface area contributed by atoms with Gasteiger partial charge in [-0.2, -0.15) is 0 Å². The summed E-state index contributed by atoms with van der Waals surface area (Å²) in [6, 6.07) is 8.03. The molecule has 0 fully saturated rings. The Kier molecular flexibility index (Phi) is 4.18. The summed E-state index contributed by atoms with van der Waals surface area (Å²) in [6.45, 7) is 0. The third kappa shape index (κ3) is 3.56. The largest absolute Gasteiger partial charge is 0.289 e. The molecule has 0 saturated carbocycles. The fraction of sp³-hybridized carbons (Fsp3) is 0. The van der Waals surface area contributed by atoms with Crippen LogP contribution in [-0.4, -0.2) is 10.7 Å². The van der Waals surface area contributed by atoms with Crippen molar-refractivity contribution in [1.82, 2.24) is 0 Å². The molecule has 0 aliphatic carbocycles. The first-order chi connectivity index (χ1) is 9.97. The fourth-order valence-corrected chi connectivity index (χ4v) is 1.68. The molecule has 0 aromatic heterocycles. The molecule has 21 heavy (non-hydrogen) atoms. The number of ketones is 1. The third-order valence-corrected chi connectivity index (χ3v) is 2.71. The summed E-state index contributed by atoms with van der Waals surface area (Å²) < 4.78 is 26.3. The van der Waals surface area contributed by atoms with Gasteiger partial charge in [-0.25, -0.2) is 8.78 Å². The van der Waals surface area contributed by atoms with E-state index in [1.54, 1.807) is 0 Å². The van der Waals surface area contributed by atoms with Crippen molar-refractivity contribution in [3.05, 3.63) is 81.4 Å². The van der Waals surface area contributed by atoms with Gasteiger partial charge in [0, 0.05) is 23.3 Å². The first-order valence-electron chi connectivity index (χ1n) is 5.89. The molecule has 0 heterocycles. The summed E-state index contributed by atoms with van der Waals surface area (Å²) in [5.74, 6) is -1.83. The van der Waals surface area contributed by atoms with Crippen molar-refractivity contribution in [2.45, 2.75) is 0 Å². The summed E-state index contributed by atoms with van der Waals surface area (Å²) in [7, 11) is 0. The van der Waals surface area contributed by atoms with Gasteiger partial charge in [-0.15, -0.1) is 0 Å². The Balaban J connectivity index is 2.25. The van der Waals surface area contributed by atoms with Gasteiger partial charge in [0.05, 0.1) is 4.92 Å². The Labute approximate surface area is 118 Å². The summed E-state index contributed by atoms with van der Waals surface area (Å²) in [5.41, 5.74) is -0.197. The van der Waals surface area contributed by atoms with E-state index in [2.05, 4.69) is 0 Å². The first kappa shape index (κ1) is 14.5.